The van der Waals surface area contributed by atoms with Crippen molar-refractivity contribution >= 4 is 33.3 Å². The molecule has 1 unspecified atom stereocenters. The molecule has 0 heterocycles. The van der Waals surface area contributed by atoms with Crippen LogP contribution in [-0.2, 0) is 10.0 Å². The summed E-state index contributed by atoms with van der Waals surface area (Å²) < 4.78 is 28.4. The van der Waals surface area contributed by atoms with Crippen molar-refractivity contribution < 1.29 is 18.3 Å². The molecule has 0 saturated heterocycles. The minimum atomic E-state index is -3.92. The highest BCUT2D eigenvalue weighted by atomic mass is 35.5. The number of carbonyl (C=O) groups is 1. The van der Waals surface area contributed by atoms with Crippen LogP contribution in [0.4, 0.5) is 5.69 Å². The first kappa shape index (κ1) is 24.6. The van der Waals surface area contributed by atoms with Gasteiger partial charge in [0.2, 0.25) is 10.0 Å². The Bertz CT molecular complexity index is 1020. The molecule has 1 atom stereocenters. The summed E-state index contributed by atoms with van der Waals surface area (Å²) >= 11 is 6.33. The molecule has 1 aliphatic rings. The van der Waals surface area contributed by atoms with Crippen molar-refractivity contribution in [2.24, 2.45) is 5.92 Å². The molecule has 0 radical (unpaired) electrons. The average molecular weight is 479 g/mol. The topological polar surface area (TPSA) is 95.5 Å². The van der Waals surface area contributed by atoms with Gasteiger partial charge in [-0.05, 0) is 42.9 Å². The summed E-state index contributed by atoms with van der Waals surface area (Å²) in [6, 6.07) is 12.5. The van der Waals surface area contributed by atoms with E-state index >= 15 is 0 Å². The lowest BCUT2D eigenvalue weighted by atomic mass is 9.90. The minimum Gasteiger partial charge on any atom is -0.478 e. The molecule has 174 valence electrons. The number of hydrogen-bond donors (Lipinski definition) is 3. The highest BCUT2D eigenvalue weighted by Crippen LogP contribution is 2.31. The van der Waals surface area contributed by atoms with E-state index in [0.29, 0.717) is 24.7 Å². The van der Waals surface area contributed by atoms with Crippen LogP contribution < -0.4 is 10.0 Å². The van der Waals surface area contributed by atoms with Gasteiger partial charge in [-0.1, -0.05) is 68.1 Å². The average Bonchev–Trinajstić information content (AvgIpc) is 2.79. The van der Waals surface area contributed by atoms with Crippen LogP contribution in [0.2, 0.25) is 5.02 Å². The fourth-order valence-corrected chi connectivity index (χ4v) is 5.90. The number of nitrogens with one attached hydrogen (secondary N) is 2. The predicted molar refractivity (Wildman–Crippen MR) is 128 cm³/mol. The van der Waals surface area contributed by atoms with Crippen LogP contribution in [0.25, 0.3) is 0 Å². The standard InChI is InChI=1S/C24H31ClN2O4S/c1-2-18(19-11-7-4-8-12-19)16-26-22-14-21(25)23(13-20(22)24(28)29)32(30,31)27-15-17-9-5-3-6-10-17/h4,7-8,11-14,17-18,26-27H,2-3,5-6,9-10,15-16H2,1H3,(H,28,29). The van der Waals surface area contributed by atoms with Gasteiger partial charge in [-0.2, -0.15) is 0 Å². The van der Waals surface area contributed by atoms with Crippen molar-refractivity contribution in [2.45, 2.75) is 56.3 Å². The monoisotopic (exact) mass is 478 g/mol. The lowest BCUT2D eigenvalue weighted by Crippen LogP contribution is -2.30. The van der Waals surface area contributed by atoms with Gasteiger partial charge in [-0.3, -0.25) is 0 Å². The summed E-state index contributed by atoms with van der Waals surface area (Å²) in [6.07, 6.45) is 6.27. The van der Waals surface area contributed by atoms with Gasteiger partial charge in [-0.15, -0.1) is 0 Å². The van der Waals surface area contributed by atoms with Crippen molar-refractivity contribution in [3.05, 3.63) is 58.6 Å². The van der Waals surface area contributed by atoms with Crippen molar-refractivity contribution in [3.63, 3.8) is 0 Å². The Labute approximate surface area is 195 Å². The van der Waals surface area contributed by atoms with Crippen LogP contribution in [0, 0.1) is 5.92 Å². The number of sulfonamides is 1. The third kappa shape index (κ3) is 6.24. The molecule has 8 heteroatoms. The minimum absolute atomic E-state index is 0.00130. The molecular weight excluding hydrogens is 448 g/mol. The van der Waals surface area contributed by atoms with Gasteiger partial charge in [0.1, 0.15) is 4.90 Å². The van der Waals surface area contributed by atoms with E-state index in [-0.39, 0.29) is 21.4 Å². The Morgan fingerprint density at radius 1 is 1.16 bits per heavy atom. The molecule has 2 aromatic rings. The molecule has 0 bridgehead atoms. The third-order valence-electron chi connectivity index (χ3n) is 6.18. The fraction of sp³-hybridized carbons (Fsp3) is 0.458. The van der Waals surface area contributed by atoms with Crippen LogP contribution >= 0.6 is 11.6 Å². The van der Waals surface area contributed by atoms with E-state index in [1.165, 1.54) is 12.5 Å². The van der Waals surface area contributed by atoms with Gasteiger partial charge in [0.15, 0.2) is 0 Å². The van der Waals surface area contributed by atoms with Gasteiger partial charge in [-0.25, -0.2) is 17.9 Å². The number of rotatable bonds is 10. The number of halogens is 1. The number of anilines is 1. The van der Waals surface area contributed by atoms with E-state index in [4.69, 9.17) is 11.6 Å². The summed E-state index contributed by atoms with van der Waals surface area (Å²) in [5, 5.41) is 12.9. The molecule has 2 aromatic carbocycles. The number of carboxylic acid groups (broad SMARTS) is 1. The second-order valence-electron chi connectivity index (χ2n) is 8.39. The maximum absolute atomic E-state index is 12.9. The van der Waals surface area contributed by atoms with E-state index in [0.717, 1.165) is 43.7 Å². The first-order chi connectivity index (χ1) is 15.3. The van der Waals surface area contributed by atoms with Crippen molar-refractivity contribution in [2.75, 3.05) is 18.4 Å². The van der Waals surface area contributed by atoms with Crippen molar-refractivity contribution in [1.29, 1.82) is 0 Å². The highest BCUT2D eigenvalue weighted by Gasteiger charge is 2.25. The first-order valence-corrected chi connectivity index (χ1v) is 13.0. The van der Waals surface area contributed by atoms with Crippen LogP contribution in [0.3, 0.4) is 0 Å². The molecule has 1 aliphatic carbocycles. The Morgan fingerprint density at radius 3 is 2.47 bits per heavy atom. The van der Waals surface area contributed by atoms with E-state index in [9.17, 15) is 18.3 Å². The van der Waals surface area contributed by atoms with Crippen LogP contribution in [0.5, 0.6) is 0 Å². The Hall–Kier alpha value is -2.09. The molecule has 0 amide bonds. The maximum atomic E-state index is 12.9. The molecule has 0 aromatic heterocycles. The third-order valence-corrected chi connectivity index (χ3v) is 8.07. The number of aromatic carboxylic acids is 1. The van der Waals surface area contributed by atoms with E-state index in [1.54, 1.807) is 0 Å². The summed E-state index contributed by atoms with van der Waals surface area (Å²) in [6.45, 7) is 2.91. The van der Waals surface area contributed by atoms with E-state index < -0.39 is 16.0 Å². The summed E-state index contributed by atoms with van der Waals surface area (Å²) in [5.74, 6) is -0.723. The molecule has 1 fully saturated rings. The lowest BCUT2D eigenvalue weighted by Gasteiger charge is -2.22. The summed E-state index contributed by atoms with van der Waals surface area (Å²) in [5.41, 5.74) is 1.34. The smallest absolute Gasteiger partial charge is 0.337 e. The molecule has 3 N–H and O–H groups in total. The summed E-state index contributed by atoms with van der Waals surface area (Å²) in [7, 11) is -3.92. The molecule has 1 saturated carbocycles. The SMILES string of the molecule is CCC(CNc1cc(Cl)c(S(=O)(=O)NCC2CCCCC2)cc1C(=O)O)c1ccccc1. The zero-order valence-corrected chi connectivity index (χ0v) is 19.9. The molecule has 0 spiro atoms. The maximum Gasteiger partial charge on any atom is 0.337 e. The first-order valence-electron chi connectivity index (χ1n) is 11.2. The Morgan fingerprint density at radius 2 is 1.84 bits per heavy atom. The van der Waals surface area contributed by atoms with Gasteiger partial charge >= 0.3 is 5.97 Å². The molecular formula is C24H31ClN2O4S. The molecule has 3 rings (SSSR count). The zero-order chi connectivity index (χ0) is 23.1. The van der Waals surface area contributed by atoms with Gasteiger partial charge in [0, 0.05) is 19.0 Å². The van der Waals surface area contributed by atoms with Crippen LogP contribution in [0.15, 0.2) is 47.4 Å². The molecule has 0 aliphatic heterocycles. The van der Waals surface area contributed by atoms with Crippen molar-refractivity contribution in [3.8, 4) is 0 Å². The largest absolute Gasteiger partial charge is 0.478 e. The predicted octanol–water partition coefficient (Wildman–Crippen LogP) is 5.50. The zero-order valence-electron chi connectivity index (χ0n) is 18.3. The van der Waals surface area contributed by atoms with E-state index in [1.807, 2.05) is 30.3 Å². The van der Waals surface area contributed by atoms with Crippen LogP contribution in [0.1, 0.15) is 67.3 Å². The fourth-order valence-electron chi connectivity index (χ4n) is 4.24. The number of benzene rings is 2. The van der Waals surface area contributed by atoms with Crippen LogP contribution in [-0.4, -0.2) is 32.6 Å². The van der Waals surface area contributed by atoms with Gasteiger partial charge in [0.05, 0.1) is 16.3 Å². The lowest BCUT2D eigenvalue weighted by molar-refractivity contribution is 0.0697. The summed E-state index contributed by atoms with van der Waals surface area (Å²) in [4.78, 5) is 11.7. The normalized spacial score (nSPS) is 15.9. The molecule has 32 heavy (non-hydrogen) atoms. The van der Waals surface area contributed by atoms with Gasteiger partial charge < -0.3 is 10.4 Å². The van der Waals surface area contributed by atoms with Gasteiger partial charge in [0.25, 0.3) is 0 Å². The quantitative estimate of drug-likeness (QED) is 0.419. The number of carboxylic acids is 1. The second kappa shape index (κ2) is 11.2. The molecule has 6 nitrogen and oxygen atoms in total. The highest BCUT2D eigenvalue weighted by molar-refractivity contribution is 7.89. The Kier molecular flexibility index (Phi) is 8.57. The number of hydrogen-bond acceptors (Lipinski definition) is 4. The van der Waals surface area contributed by atoms with Crippen molar-refractivity contribution in [1.82, 2.24) is 4.72 Å². The Balaban J connectivity index is 1.78. The van der Waals surface area contributed by atoms with E-state index in [2.05, 4.69) is 17.0 Å². The second-order valence-corrected chi connectivity index (χ2v) is 10.5.